The van der Waals surface area contributed by atoms with Crippen LogP contribution in [0.3, 0.4) is 0 Å². The van der Waals surface area contributed by atoms with Gasteiger partial charge in [0.2, 0.25) is 0 Å². The number of guanidine groups is 1. The van der Waals surface area contributed by atoms with Crippen molar-refractivity contribution in [3.05, 3.63) is 52.8 Å². The molecule has 0 bridgehead atoms. The summed E-state index contributed by atoms with van der Waals surface area (Å²) >= 11 is 3.33. The molecule has 1 aromatic heterocycles. The first-order valence-corrected chi connectivity index (χ1v) is 8.16. The molecule has 5 nitrogen and oxygen atoms in total. The van der Waals surface area contributed by atoms with Crippen molar-refractivity contribution in [2.75, 3.05) is 13.6 Å². The van der Waals surface area contributed by atoms with E-state index in [1.165, 1.54) is 6.07 Å². The highest BCUT2D eigenvalue weighted by atomic mass is 79.9. The number of hydrogen-bond donors (Lipinski definition) is 2. The summed E-state index contributed by atoms with van der Waals surface area (Å²) in [6, 6.07) is 8.83. The maximum Gasteiger partial charge on any atom is 0.387 e. The van der Waals surface area contributed by atoms with Crippen LogP contribution < -0.4 is 15.4 Å². The SMILES string of the molecule is CN=C(NCCn1cccc1)NCc1cc(Br)ccc1OC(F)F. The van der Waals surface area contributed by atoms with Crippen molar-refractivity contribution in [2.45, 2.75) is 19.7 Å². The van der Waals surface area contributed by atoms with E-state index in [0.717, 1.165) is 11.0 Å². The number of aromatic nitrogens is 1. The molecule has 2 aromatic rings. The molecule has 2 N–H and O–H groups in total. The zero-order valence-electron chi connectivity index (χ0n) is 13.2. The van der Waals surface area contributed by atoms with Crippen LogP contribution in [-0.2, 0) is 13.1 Å². The summed E-state index contributed by atoms with van der Waals surface area (Å²) in [4.78, 5) is 4.12. The zero-order chi connectivity index (χ0) is 17.4. The van der Waals surface area contributed by atoms with E-state index in [9.17, 15) is 8.78 Å². The molecule has 0 atom stereocenters. The van der Waals surface area contributed by atoms with Gasteiger partial charge in [0.1, 0.15) is 5.75 Å². The van der Waals surface area contributed by atoms with E-state index < -0.39 is 6.61 Å². The van der Waals surface area contributed by atoms with Crippen LogP contribution >= 0.6 is 15.9 Å². The van der Waals surface area contributed by atoms with Crippen LogP contribution in [0.1, 0.15) is 5.56 Å². The minimum Gasteiger partial charge on any atom is -0.434 e. The van der Waals surface area contributed by atoms with Gasteiger partial charge in [-0.1, -0.05) is 15.9 Å². The third-order valence-corrected chi connectivity index (χ3v) is 3.73. The highest BCUT2D eigenvalue weighted by Crippen LogP contribution is 2.24. The number of nitrogens with zero attached hydrogens (tertiary/aromatic N) is 2. The Labute approximate surface area is 147 Å². The Hall–Kier alpha value is -2.09. The van der Waals surface area contributed by atoms with E-state index in [4.69, 9.17) is 0 Å². The van der Waals surface area contributed by atoms with Crippen molar-refractivity contribution in [1.29, 1.82) is 0 Å². The van der Waals surface area contributed by atoms with Crippen molar-refractivity contribution in [3.63, 3.8) is 0 Å². The van der Waals surface area contributed by atoms with Gasteiger partial charge in [0.15, 0.2) is 5.96 Å². The fourth-order valence-corrected chi connectivity index (χ4v) is 2.53. The van der Waals surface area contributed by atoms with Crippen molar-refractivity contribution >= 4 is 21.9 Å². The van der Waals surface area contributed by atoms with Crippen molar-refractivity contribution in [1.82, 2.24) is 15.2 Å². The van der Waals surface area contributed by atoms with Gasteiger partial charge < -0.3 is 19.9 Å². The Morgan fingerprint density at radius 3 is 2.71 bits per heavy atom. The average Bonchev–Trinajstić information content (AvgIpc) is 3.06. The standard InChI is InChI=1S/C16H19BrF2N4O/c1-20-16(21-6-9-23-7-2-3-8-23)22-11-12-10-13(17)4-5-14(12)24-15(18)19/h2-5,7-8,10,15H,6,9,11H2,1H3,(H2,20,21,22). The van der Waals surface area contributed by atoms with Crippen molar-refractivity contribution in [2.24, 2.45) is 4.99 Å². The van der Waals surface area contributed by atoms with Crippen LogP contribution in [0.15, 0.2) is 52.2 Å². The molecular formula is C16H19BrF2N4O. The van der Waals surface area contributed by atoms with Crippen LogP contribution in [0.25, 0.3) is 0 Å². The molecule has 1 aromatic carbocycles. The van der Waals surface area contributed by atoms with Crippen molar-refractivity contribution in [3.8, 4) is 5.75 Å². The number of nitrogens with one attached hydrogen (secondary N) is 2. The van der Waals surface area contributed by atoms with E-state index in [-0.39, 0.29) is 5.75 Å². The lowest BCUT2D eigenvalue weighted by Gasteiger charge is -2.15. The lowest BCUT2D eigenvalue weighted by molar-refractivity contribution is -0.0504. The Morgan fingerprint density at radius 1 is 1.29 bits per heavy atom. The second-order valence-corrected chi connectivity index (χ2v) is 5.82. The Bertz CT molecular complexity index is 662. The first-order valence-electron chi connectivity index (χ1n) is 7.37. The lowest BCUT2D eigenvalue weighted by atomic mass is 10.2. The summed E-state index contributed by atoms with van der Waals surface area (Å²) in [5, 5.41) is 6.26. The van der Waals surface area contributed by atoms with Gasteiger partial charge in [-0.2, -0.15) is 8.78 Å². The molecule has 0 fully saturated rings. The van der Waals surface area contributed by atoms with Gasteiger partial charge in [-0.25, -0.2) is 0 Å². The maximum atomic E-state index is 12.5. The van der Waals surface area contributed by atoms with E-state index in [1.807, 2.05) is 29.1 Å². The van der Waals surface area contributed by atoms with Crippen LogP contribution in [0.2, 0.25) is 0 Å². The fraction of sp³-hybridized carbons (Fsp3) is 0.312. The second-order valence-electron chi connectivity index (χ2n) is 4.90. The Kier molecular flexibility index (Phi) is 7.05. The number of alkyl halides is 2. The molecule has 0 aliphatic rings. The second kappa shape index (κ2) is 9.27. The molecule has 0 saturated carbocycles. The summed E-state index contributed by atoms with van der Waals surface area (Å²) in [5.41, 5.74) is 0.609. The number of benzene rings is 1. The molecular weight excluding hydrogens is 382 g/mol. The lowest BCUT2D eigenvalue weighted by Crippen LogP contribution is -2.38. The van der Waals surface area contributed by atoms with Gasteiger partial charge in [0, 0.05) is 49.1 Å². The van der Waals surface area contributed by atoms with Gasteiger partial charge in [-0.15, -0.1) is 0 Å². The minimum atomic E-state index is -2.86. The van der Waals surface area contributed by atoms with Crippen LogP contribution in [0.4, 0.5) is 8.78 Å². The number of hydrogen-bond acceptors (Lipinski definition) is 2. The number of ether oxygens (including phenoxy) is 1. The van der Waals surface area contributed by atoms with Crippen molar-refractivity contribution < 1.29 is 13.5 Å². The average molecular weight is 401 g/mol. The quantitative estimate of drug-likeness (QED) is 0.554. The number of aliphatic imine (C=N–C) groups is 1. The Balaban J connectivity index is 1.89. The molecule has 24 heavy (non-hydrogen) atoms. The molecule has 8 heteroatoms. The van der Waals surface area contributed by atoms with Crippen LogP contribution in [-0.4, -0.2) is 30.7 Å². The maximum absolute atomic E-state index is 12.5. The fourth-order valence-electron chi connectivity index (χ4n) is 2.12. The van der Waals surface area contributed by atoms with E-state index in [0.29, 0.717) is 24.6 Å². The first-order chi connectivity index (χ1) is 11.6. The normalized spacial score (nSPS) is 11.6. The number of halogens is 3. The number of rotatable bonds is 7. The molecule has 0 unspecified atom stereocenters. The zero-order valence-corrected chi connectivity index (χ0v) is 14.8. The molecule has 0 saturated heterocycles. The summed E-state index contributed by atoms with van der Waals surface area (Å²) < 4.78 is 32.3. The molecule has 1 heterocycles. The van der Waals surface area contributed by atoms with Crippen LogP contribution in [0.5, 0.6) is 5.75 Å². The summed E-state index contributed by atoms with van der Waals surface area (Å²) in [6.07, 6.45) is 3.96. The molecule has 0 aliphatic heterocycles. The molecule has 0 spiro atoms. The summed E-state index contributed by atoms with van der Waals surface area (Å²) in [7, 11) is 1.66. The predicted octanol–water partition coefficient (Wildman–Crippen LogP) is 3.22. The molecule has 0 aliphatic carbocycles. The van der Waals surface area contributed by atoms with Gasteiger partial charge >= 0.3 is 6.61 Å². The summed E-state index contributed by atoms with van der Waals surface area (Å²) in [6.45, 7) is -1.06. The van der Waals surface area contributed by atoms with Crippen LogP contribution in [0, 0.1) is 0 Å². The van der Waals surface area contributed by atoms with Gasteiger partial charge in [-0.3, -0.25) is 4.99 Å². The minimum absolute atomic E-state index is 0.142. The molecule has 0 amide bonds. The topological polar surface area (TPSA) is 50.6 Å². The monoisotopic (exact) mass is 400 g/mol. The smallest absolute Gasteiger partial charge is 0.387 e. The van der Waals surface area contributed by atoms with Gasteiger partial charge in [0.05, 0.1) is 0 Å². The summed E-state index contributed by atoms with van der Waals surface area (Å²) in [5.74, 6) is 0.730. The third-order valence-electron chi connectivity index (χ3n) is 3.24. The molecule has 2 rings (SSSR count). The van der Waals surface area contributed by atoms with Gasteiger partial charge in [-0.05, 0) is 30.3 Å². The third kappa shape index (κ3) is 5.84. The van der Waals surface area contributed by atoms with Gasteiger partial charge in [0.25, 0.3) is 0 Å². The van der Waals surface area contributed by atoms with E-state index in [1.54, 1.807) is 19.2 Å². The molecule has 0 radical (unpaired) electrons. The molecule has 130 valence electrons. The predicted molar refractivity (Wildman–Crippen MR) is 93.4 cm³/mol. The largest absolute Gasteiger partial charge is 0.434 e. The van der Waals surface area contributed by atoms with E-state index in [2.05, 4.69) is 36.3 Å². The highest BCUT2D eigenvalue weighted by molar-refractivity contribution is 9.10. The highest BCUT2D eigenvalue weighted by Gasteiger charge is 2.10. The van der Waals surface area contributed by atoms with E-state index >= 15 is 0 Å². The first kappa shape index (κ1) is 18.3. The Morgan fingerprint density at radius 2 is 2.04 bits per heavy atom.